The minimum absolute atomic E-state index is 0.848. The van der Waals surface area contributed by atoms with E-state index in [2.05, 4.69) is 33.3 Å². The summed E-state index contributed by atoms with van der Waals surface area (Å²) in [6.07, 6.45) is 0. The van der Waals surface area contributed by atoms with Crippen molar-refractivity contribution >= 4 is 17.9 Å². The molecule has 4 heteroatoms. The fraction of sp³-hybridized carbons (Fsp3) is 0.308. The highest BCUT2D eigenvalue weighted by Crippen LogP contribution is 2.23. The lowest BCUT2D eigenvalue weighted by Crippen LogP contribution is -2.09. The number of hydrogen-bond donors (Lipinski definition) is 0. The van der Waals surface area contributed by atoms with Crippen molar-refractivity contribution in [3.63, 3.8) is 0 Å². The van der Waals surface area contributed by atoms with Gasteiger partial charge in [0.05, 0.1) is 17.1 Å². The molecule has 2 aromatic rings. The van der Waals surface area contributed by atoms with Gasteiger partial charge in [-0.2, -0.15) is 0 Å². The molecule has 0 aliphatic rings. The average molecular weight is 247 g/mol. The molecular formula is C13H17N3S. The molecule has 0 N–H and O–H groups in total. The van der Waals surface area contributed by atoms with Crippen molar-refractivity contribution in [1.82, 2.24) is 9.36 Å². The summed E-state index contributed by atoms with van der Waals surface area (Å²) in [5.74, 6) is 0. The zero-order chi connectivity index (χ0) is 12.6. The van der Waals surface area contributed by atoms with Gasteiger partial charge in [0.1, 0.15) is 0 Å². The number of benzene rings is 1. The molecule has 17 heavy (non-hydrogen) atoms. The third-order valence-electron chi connectivity index (χ3n) is 2.97. The Bertz CT molecular complexity index is 579. The Balaban J connectivity index is 2.73. The van der Waals surface area contributed by atoms with E-state index in [4.69, 9.17) is 12.2 Å². The molecule has 0 spiro atoms. The molecule has 0 saturated carbocycles. The monoisotopic (exact) mass is 247 g/mol. The number of hydrogen-bond acceptors (Lipinski definition) is 2. The third kappa shape index (κ3) is 1.89. The van der Waals surface area contributed by atoms with Gasteiger partial charge in [0.25, 0.3) is 0 Å². The van der Waals surface area contributed by atoms with Crippen molar-refractivity contribution in [1.29, 1.82) is 0 Å². The van der Waals surface area contributed by atoms with Gasteiger partial charge in [0.15, 0.2) is 4.64 Å². The van der Waals surface area contributed by atoms with E-state index in [9.17, 15) is 0 Å². The van der Waals surface area contributed by atoms with E-state index in [-0.39, 0.29) is 0 Å². The number of para-hydroxylation sites is 1. The van der Waals surface area contributed by atoms with Crippen LogP contribution in [0, 0.1) is 11.6 Å². The Morgan fingerprint density at radius 1 is 1.12 bits per heavy atom. The molecule has 90 valence electrons. The molecule has 0 atom stereocenters. The van der Waals surface area contributed by atoms with Crippen LogP contribution in [0.15, 0.2) is 30.3 Å². The van der Waals surface area contributed by atoms with E-state index >= 15 is 0 Å². The Morgan fingerprint density at radius 3 is 2.18 bits per heavy atom. The van der Waals surface area contributed by atoms with Gasteiger partial charge in [-0.3, -0.25) is 4.68 Å². The lowest BCUT2D eigenvalue weighted by Gasteiger charge is -2.10. The molecule has 3 nitrogen and oxygen atoms in total. The maximum absolute atomic E-state index is 5.56. The molecular weight excluding hydrogens is 230 g/mol. The first-order chi connectivity index (χ1) is 8.04. The maximum atomic E-state index is 5.56. The summed E-state index contributed by atoms with van der Waals surface area (Å²) >= 11 is 5.56. The number of anilines is 1. The fourth-order valence-electron chi connectivity index (χ4n) is 2.07. The van der Waals surface area contributed by atoms with Crippen molar-refractivity contribution in [2.24, 2.45) is 7.05 Å². The Morgan fingerprint density at radius 2 is 1.71 bits per heavy atom. The third-order valence-corrected chi connectivity index (χ3v) is 3.34. The Hall–Kier alpha value is -1.55. The van der Waals surface area contributed by atoms with Gasteiger partial charge in [-0.15, -0.1) is 0 Å². The minimum Gasteiger partial charge on any atom is -0.374 e. The topological polar surface area (TPSA) is 13.1 Å². The second kappa shape index (κ2) is 4.37. The maximum Gasteiger partial charge on any atom is 0.151 e. The van der Waals surface area contributed by atoms with Crippen molar-refractivity contribution in [2.75, 3.05) is 19.0 Å². The van der Waals surface area contributed by atoms with Crippen LogP contribution in [0.4, 0.5) is 5.69 Å². The summed E-state index contributed by atoms with van der Waals surface area (Å²) < 4.78 is 4.99. The normalized spacial score (nSPS) is 10.6. The smallest absolute Gasteiger partial charge is 0.151 e. The van der Waals surface area contributed by atoms with E-state index < -0.39 is 0 Å². The van der Waals surface area contributed by atoms with Crippen LogP contribution in [-0.4, -0.2) is 23.5 Å². The van der Waals surface area contributed by atoms with E-state index in [1.54, 1.807) is 0 Å². The highest BCUT2D eigenvalue weighted by atomic mass is 32.1. The van der Waals surface area contributed by atoms with Crippen LogP contribution in [-0.2, 0) is 7.05 Å². The first-order valence-electron chi connectivity index (χ1n) is 5.55. The lowest BCUT2D eigenvalue weighted by molar-refractivity contribution is 0.638. The second-order valence-corrected chi connectivity index (χ2v) is 4.69. The van der Waals surface area contributed by atoms with Crippen molar-refractivity contribution in [3.8, 4) is 5.69 Å². The van der Waals surface area contributed by atoms with Gasteiger partial charge in [0.2, 0.25) is 0 Å². The lowest BCUT2D eigenvalue weighted by atomic mass is 10.3. The zero-order valence-electron chi connectivity index (χ0n) is 10.6. The van der Waals surface area contributed by atoms with Crippen LogP contribution in [0.25, 0.3) is 5.69 Å². The summed E-state index contributed by atoms with van der Waals surface area (Å²) in [5.41, 5.74) is 3.37. The SMILES string of the molecule is Cc1c(N(C)C)c(=S)n(-c2ccccc2)n1C. The fourth-order valence-corrected chi connectivity index (χ4v) is 2.63. The van der Waals surface area contributed by atoms with E-state index in [1.807, 2.05) is 39.3 Å². The quantitative estimate of drug-likeness (QED) is 0.757. The second-order valence-electron chi connectivity index (χ2n) is 4.30. The summed E-state index contributed by atoms with van der Waals surface area (Å²) in [5, 5.41) is 0. The zero-order valence-corrected chi connectivity index (χ0v) is 11.5. The van der Waals surface area contributed by atoms with E-state index in [1.165, 1.54) is 5.69 Å². The average Bonchev–Trinajstić information content (AvgIpc) is 2.51. The van der Waals surface area contributed by atoms with Gasteiger partial charge in [-0.05, 0) is 19.1 Å². The van der Waals surface area contributed by atoms with Crippen LogP contribution in [0.5, 0.6) is 0 Å². The van der Waals surface area contributed by atoms with Gasteiger partial charge in [0, 0.05) is 21.1 Å². The largest absolute Gasteiger partial charge is 0.374 e. The molecule has 0 fully saturated rings. The van der Waals surface area contributed by atoms with Crippen LogP contribution >= 0.6 is 12.2 Å². The molecule has 0 saturated heterocycles. The number of rotatable bonds is 2. The molecule has 2 rings (SSSR count). The number of aromatic nitrogens is 2. The summed E-state index contributed by atoms with van der Waals surface area (Å²) in [7, 11) is 6.08. The van der Waals surface area contributed by atoms with Crippen LogP contribution in [0.2, 0.25) is 0 Å². The van der Waals surface area contributed by atoms with Gasteiger partial charge in [-0.1, -0.05) is 30.4 Å². The van der Waals surface area contributed by atoms with Crippen LogP contribution in [0.3, 0.4) is 0 Å². The van der Waals surface area contributed by atoms with Crippen molar-refractivity contribution < 1.29 is 0 Å². The van der Waals surface area contributed by atoms with Crippen molar-refractivity contribution in [2.45, 2.75) is 6.92 Å². The first-order valence-corrected chi connectivity index (χ1v) is 5.96. The standard InChI is InChI=1S/C13H17N3S/c1-10-12(14(2)3)13(17)16(15(10)4)11-8-6-5-7-9-11/h5-9H,1-4H3. The molecule has 1 aromatic heterocycles. The highest BCUT2D eigenvalue weighted by molar-refractivity contribution is 7.71. The molecule has 0 amide bonds. The highest BCUT2D eigenvalue weighted by Gasteiger charge is 2.13. The summed E-state index contributed by atoms with van der Waals surface area (Å²) in [4.78, 5) is 2.07. The van der Waals surface area contributed by atoms with Crippen LogP contribution < -0.4 is 4.90 Å². The van der Waals surface area contributed by atoms with Crippen LogP contribution in [0.1, 0.15) is 5.69 Å². The van der Waals surface area contributed by atoms with Gasteiger partial charge in [-0.25, -0.2) is 4.68 Å². The number of nitrogens with zero attached hydrogens (tertiary/aromatic N) is 3. The molecule has 0 aliphatic carbocycles. The molecule has 0 radical (unpaired) electrons. The Labute approximate surface area is 107 Å². The van der Waals surface area contributed by atoms with E-state index in [0.717, 1.165) is 16.0 Å². The molecule has 1 aromatic carbocycles. The predicted octanol–water partition coefficient (Wildman–Crippen LogP) is 2.92. The van der Waals surface area contributed by atoms with Gasteiger partial charge < -0.3 is 4.90 Å². The molecule has 1 heterocycles. The van der Waals surface area contributed by atoms with E-state index in [0.29, 0.717) is 0 Å². The molecule has 0 unspecified atom stereocenters. The van der Waals surface area contributed by atoms with Crippen molar-refractivity contribution in [3.05, 3.63) is 40.7 Å². The molecule has 0 aliphatic heterocycles. The summed E-state index contributed by atoms with van der Waals surface area (Å²) in [6, 6.07) is 10.2. The first kappa shape index (κ1) is 11.9. The molecule has 0 bridgehead atoms. The predicted molar refractivity (Wildman–Crippen MR) is 74.6 cm³/mol. The minimum atomic E-state index is 0.848. The Kier molecular flexibility index (Phi) is 3.07. The summed E-state index contributed by atoms with van der Waals surface area (Å²) in [6.45, 7) is 2.09. The van der Waals surface area contributed by atoms with Gasteiger partial charge >= 0.3 is 0 Å².